The van der Waals surface area contributed by atoms with E-state index in [1.165, 1.54) is 28.0 Å². The number of non-ortho nitro benzene ring substituents is 1. The molecule has 2 aromatic heterocycles. The third kappa shape index (κ3) is 3.80. The molecule has 1 N–H and O–H groups in total. The first kappa shape index (κ1) is 21.5. The molecule has 1 aromatic carbocycles. The zero-order valence-corrected chi connectivity index (χ0v) is 18.0. The molecule has 0 atom stereocenters. The maximum Gasteiger partial charge on any atom is 0.340 e. The predicted octanol–water partition coefficient (Wildman–Crippen LogP) is 3.17. The number of aryl methyl sites for hydroxylation is 2. The molecule has 0 saturated carbocycles. The van der Waals surface area contributed by atoms with Gasteiger partial charge < -0.3 is 10.1 Å². The van der Waals surface area contributed by atoms with Crippen molar-refractivity contribution in [2.75, 3.05) is 12.4 Å². The van der Waals surface area contributed by atoms with Gasteiger partial charge in [-0.15, -0.1) is 11.3 Å². The van der Waals surface area contributed by atoms with Crippen LogP contribution < -0.4 is 10.9 Å². The van der Waals surface area contributed by atoms with E-state index in [4.69, 9.17) is 4.74 Å². The highest BCUT2D eigenvalue weighted by Gasteiger charge is 2.23. The fraction of sp³-hybridized carbons (Fsp3) is 0.333. The van der Waals surface area contributed by atoms with Gasteiger partial charge in [-0.05, 0) is 37.3 Å². The lowest BCUT2D eigenvalue weighted by Gasteiger charge is -2.13. The monoisotopic (exact) mass is 453 g/mol. The number of esters is 1. The van der Waals surface area contributed by atoms with Crippen molar-refractivity contribution in [1.82, 2.24) is 9.55 Å². The molecule has 164 valence electrons. The summed E-state index contributed by atoms with van der Waals surface area (Å²) < 4.78 is 6.58. The van der Waals surface area contributed by atoms with Crippen molar-refractivity contribution < 1.29 is 14.5 Å². The minimum absolute atomic E-state index is 0.0106. The second kappa shape index (κ2) is 8.76. The fourth-order valence-electron chi connectivity index (χ4n) is 3.87. The fourth-order valence-corrected chi connectivity index (χ4v) is 5.14. The number of nitriles is 1. The Morgan fingerprint density at radius 1 is 1.41 bits per heavy atom. The van der Waals surface area contributed by atoms with E-state index in [1.54, 1.807) is 7.05 Å². The maximum absolute atomic E-state index is 13.2. The van der Waals surface area contributed by atoms with Crippen LogP contribution in [0.5, 0.6) is 0 Å². The average molecular weight is 453 g/mol. The Labute approximate surface area is 186 Å². The molecule has 0 aliphatic heterocycles. The Kier molecular flexibility index (Phi) is 5.87. The SMILES string of the molecule is CNc1ccc([N+](=O)[O-])cc1C(=O)OCc1nc2sc3c(c2c(=O)n1CC#N)CCCC3. The summed E-state index contributed by atoms with van der Waals surface area (Å²) in [6.07, 6.45) is 3.78. The van der Waals surface area contributed by atoms with Crippen LogP contribution in [0.1, 0.15) is 39.5 Å². The summed E-state index contributed by atoms with van der Waals surface area (Å²) in [6, 6.07) is 5.78. The summed E-state index contributed by atoms with van der Waals surface area (Å²) in [5, 5.41) is 23.6. The zero-order valence-electron chi connectivity index (χ0n) is 17.2. The van der Waals surface area contributed by atoms with Crippen molar-refractivity contribution in [3.8, 4) is 6.07 Å². The van der Waals surface area contributed by atoms with E-state index in [0.717, 1.165) is 42.2 Å². The van der Waals surface area contributed by atoms with Gasteiger partial charge in [-0.25, -0.2) is 9.78 Å². The van der Waals surface area contributed by atoms with Gasteiger partial charge in [0.1, 0.15) is 18.0 Å². The minimum atomic E-state index is -0.804. The number of nitrogens with one attached hydrogen (secondary N) is 1. The lowest BCUT2D eigenvalue weighted by Crippen LogP contribution is -2.26. The molecule has 3 aromatic rings. The number of rotatable bonds is 6. The average Bonchev–Trinajstić information content (AvgIpc) is 3.17. The number of nitrogens with zero attached hydrogens (tertiary/aromatic N) is 4. The van der Waals surface area contributed by atoms with Crippen molar-refractivity contribution in [2.24, 2.45) is 0 Å². The Balaban J connectivity index is 1.69. The molecular formula is C21H19N5O5S. The first-order valence-corrected chi connectivity index (χ1v) is 10.8. The zero-order chi connectivity index (χ0) is 22.8. The number of thiophene rings is 1. The van der Waals surface area contributed by atoms with E-state index in [2.05, 4.69) is 10.3 Å². The van der Waals surface area contributed by atoms with E-state index < -0.39 is 10.9 Å². The standard InChI is InChI=1S/C21H19N5O5S/c1-23-15-7-6-12(26(29)30)10-14(15)21(28)31-11-17-24-19-18(20(27)25(17)9-8-22)13-4-2-3-5-16(13)32-19/h6-7,10,23H,2-5,9,11H2,1H3. The molecule has 32 heavy (non-hydrogen) atoms. The number of benzene rings is 1. The molecule has 11 heteroatoms. The molecule has 0 fully saturated rings. The van der Waals surface area contributed by atoms with Crippen LogP contribution >= 0.6 is 11.3 Å². The third-order valence-corrected chi connectivity index (χ3v) is 6.60. The van der Waals surface area contributed by atoms with Gasteiger partial charge in [0.15, 0.2) is 5.82 Å². The van der Waals surface area contributed by atoms with Crippen molar-refractivity contribution in [2.45, 2.75) is 38.8 Å². The van der Waals surface area contributed by atoms with E-state index >= 15 is 0 Å². The molecule has 1 aliphatic rings. The first-order chi connectivity index (χ1) is 15.4. The predicted molar refractivity (Wildman–Crippen MR) is 118 cm³/mol. The van der Waals surface area contributed by atoms with Crippen LogP contribution in [0.15, 0.2) is 23.0 Å². The van der Waals surface area contributed by atoms with Gasteiger partial charge in [-0.1, -0.05) is 0 Å². The number of fused-ring (bicyclic) bond motifs is 3. The maximum atomic E-state index is 13.2. The molecule has 0 bridgehead atoms. The summed E-state index contributed by atoms with van der Waals surface area (Å²) in [5.41, 5.74) is 0.807. The van der Waals surface area contributed by atoms with Gasteiger partial charge in [0.05, 0.1) is 21.9 Å². The Bertz CT molecular complexity index is 1340. The molecular weight excluding hydrogens is 434 g/mol. The van der Waals surface area contributed by atoms with E-state index in [-0.39, 0.29) is 35.8 Å². The molecule has 0 spiro atoms. The van der Waals surface area contributed by atoms with Crippen LogP contribution in [0.25, 0.3) is 10.2 Å². The molecule has 0 amide bonds. The van der Waals surface area contributed by atoms with Gasteiger partial charge >= 0.3 is 5.97 Å². The number of ether oxygens (including phenoxy) is 1. The van der Waals surface area contributed by atoms with Gasteiger partial charge in [0.25, 0.3) is 11.2 Å². The highest BCUT2D eigenvalue weighted by molar-refractivity contribution is 7.18. The van der Waals surface area contributed by atoms with Gasteiger partial charge in [0.2, 0.25) is 0 Å². The van der Waals surface area contributed by atoms with Crippen molar-refractivity contribution >= 4 is 38.9 Å². The molecule has 0 radical (unpaired) electrons. The summed E-state index contributed by atoms with van der Waals surface area (Å²) >= 11 is 1.46. The lowest BCUT2D eigenvalue weighted by atomic mass is 9.97. The summed E-state index contributed by atoms with van der Waals surface area (Å²) in [7, 11) is 1.58. The summed E-state index contributed by atoms with van der Waals surface area (Å²) in [5.74, 6) is -0.645. The Morgan fingerprint density at radius 3 is 2.91 bits per heavy atom. The first-order valence-electron chi connectivity index (χ1n) is 9.98. The third-order valence-electron chi connectivity index (χ3n) is 5.42. The van der Waals surface area contributed by atoms with Gasteiger partial charge in [-0.3, -0.25) is 19.5 Å². The van der Waals surface area contributed by atoms with Crippen LogP contribution in [-0.4, -0.2) is 27.5 Å². The van der Waals surface area contributed by atoms with E-state index in [1.807, 2.05) is 6.07 Å². The number of aromatic nitrogens is 2. The summed E-state index contributed by atoms with van der Waals surface area (Å²) in [6.45, 7) is -0.571. The van der Waals surface area contributed by atoms with E-state index in [9.17, 15) is 25.0 Å². The van der Waals surface area contributed by atoms with Crippen LogP contribution in [0.4, 0.5) is 11.4 Å². The Morgan fingerprint density at radius 2 is 2.19 bits per heavy atom. The number of nitro benzene ring substituents is 1. The number of carbonyl (C=O) groups is 1. The number of hydrogen-bond donors (Lipinski definition) is 1. The van der Waals surface area contributed by atoms with Crippen LogP contribution in [0.3, 0.4) is 0 Å². The van der Waals surface area contributed by atoms with Crippen LogP contribution in [-0.2, 0) is 30.7 Å². The number of carbonyl (C=O) groups excluding carboxylic acids is 1. The Hall–Kier alpha value is -3.78. The van der Waals surface area contributed by atoms with Crippen LogP contribution in [0.2, 0.25) is 0 Å². The number of nitro groups is 1. The second-order valence-electron chi connectivity index (χ2n) is 7.28. The van der Waals surface area contributed by atoms with E-state index in [0.29, 0.717) is 15.9 Å². The molecule has 0 saturated heterocycles. The van der Waals surface area contributed by atoms with Gasteiger partial charge in [0, 0.05) is 29.7 Å². The van der Waals surface area contributed by atoms with Crippen molar-refractivity contribution in [3.63, 3.8) is 0 Å². The minimum Gasteiger partial charge on any atom is -0.454 e. The van der Waals surface area contributed by atoms with Crippen LogP contribution in [0, 0.1) is 21.4 Å². The molecule has 2 heterocycles. The van der Waals surface area contributed by atoms with Gasteiger partial charge in [-0.2, -0.15) is 5.26 Å². The highest BCUT2D eigenvalue weighted by atomic mass is 32.1. The highest BCUT2D eigenvalue weighted by Crippen LogP contribution is 2.34. The topological polar surface area (TPSA) is 140 Å². The summed E-state index contributed by atoms with van der Waals surface area (Å²) in [4.78, 5) is 42.6. The largest absolute Gasteiger partial charge is 0.454 e. The second-order valence-corrected chi connectivity index (χ2v) is 8.37. The quantitative estimate of drug-likeness (QED) is 0.341. The number of anilines is 1. The normalized spacial score (nSPS) is 12.8. The van der Waals surface area contributed by atoms with Crippen molar-refractivity contribution in [1.29, 1.82) is 5.26 Å². The molecule has 0 unspecified atom stereocenters. The van der Waals surface area contributed by atoms with Crippen molar-refractivity contribution in [3.05, 3.63) is 60.5 Å². The number of hydrogen-bond acceptors (Lipinski definition) is 9. The smallest absolute Gasteiger partial charge is 0.340 e. The lowest BCUT2D eigenvalue weighted by molar-refractivity contribution is -0.384. The molecule has 10 nitrogen and oxygen atoms in total. The molecule has 4 rings (SSSR count). The molecule has 1 aliphatic carbocycles.